The van der Waals surface area contributed by atoms with Crippen LogP contribution in [-0.2, 0) is 19.1 Å². The van der Waals surface area contributed by atoms with E-state index in [1.807, 2.05) is 18.7 Å². The molecule has 0 bridgehead atoms. The summed E-state index contributed by atoms with van der Waals surface area (Å²) in [5.41, 5.74) is 0. The van der Waals surface area contributed by atoms with Gasteiger partial charge in [-0.1, -0.05) is 0 Å². The van der Waals surface area contributed by atoms with Crippen molar-refractivity contribution in [1.82, 2.24) is 4.90 Å². The maximum Gasteiger partial charge on any atom is 0.320 e. The normalized spacial score (nSPS) is 20.8. The lowest BCUT2D eigenvalue weighted by atomic mass is 9.98. The highest BCUT2D eigenvalue weighted by Crippen LogP contribution is 2.17. The number of esters is 2. The molecule has 0 N–H and O–H groups in total. The predicted octanol–water partition coefficient (Wildman–Crippen LogP) is 1.21. The molecule has 1 heterocycles. The molecule has 0 aromatic rings. The molecule has 0 saturated carbocycles. The zero-order valence-corrected chi connectivity index (χ0v) is 11.5. The second-order valence-corrected chi connectivity index (χ2v) is 4.86. The van der Waals surface area contributed by atoms with E-state index < -0.39 is 0 Å². The smallest absolute Gasteiger partial charge is 0.320 e. The molecule has 1 aliphatic rings. The lowest BCUT2D eigenvalue weighted by molar-refractivity contribution is -0.154. The van der Waals surface area contributed by atoms with Gasteiger partial charge in [-0.25, -0.2) is 0 Å². The van der Waals surface area contributed by atoms with Crippen molar-refractivity contribution < 1.29 is 19.1 Å². The third-order valence-corrected chi connectivity index (χ3v) is 2.85. The molecule has 5 heteroatoms. The molecule has 1 rings (SSSR count). The minimum Gasteiger partial charge on any atom is -0.466 e. The predicted molar refractivity (Wildman–Crippen MR) is 67.0 cm³/mol. The van der Waals surface area contributed by atoms with E-state index in [1.165, 1.54) is 0 Å². The summed E-state index contributed by atoms with van der Waals surface area (Å²) in [4.78, 5) is 25.2. The molecule has 0 aliphatic carbocycles. The number of carbonyl (C=O) groups is 2. The Kier molecular flexibility index (Phi) is 6.12. The number of ether oxygens (including phenoxy) is 2. The third-order valence-electron chi connectivity index (χ3n) is 2.85. The van der Waals surface area contributed by atoms with Gasteiger partial charge in [0.05, 0.1) is 25.2 Å². The van der Waals surface area contributed by atoms with Crippen molar-refractivity contribution in [2.75, 3.05) is 26.2 Å². The second-order valence-electron chi connectivity index (χ2n) is 4.86. The Morgan fingerprint density at radius 2 is 2.11 bits per heavy atom. The van der Waals surface area contributed by atoms with E-state index in [0.717, 1.165) is 19.4 Å². The Bertz CT molecular complexity index is 291. The fraction of sp³-hybridized carbons (Fsp3) is 0.846. The summed E-state index contributed by atoms with van der Waals surface area (Å²) in [5.74, 6) is -0.487. The zero-order chi connectivity index (χ0) is 13.5. The molecule has 1 fully saturated rings. The van der Waals surface area contributed by atoms with Gasteiger partial charge in [0.15, 0.2) is 0 Å². The molecule has 0 amide bonds. The largest absolute Gasteiger partial charge is 0.466 e. The Morgan fingerprint density at radius 1 is 1.39 bits per heavy atom. The Balaban J connectivity index is 2.39. The SMILES string of the molecule is CCOC(=O)[C@H]1CCCN(CC(=O)OC(C)C)C1. The highest BCUT2D eigenvalue weighted by Gasteiger charge is 2.28. The average molecular weight is 257 g/mol. The van der Waals surface area contributed by atoms with Crippen LogP contribution in [0.25, 0.3) is 0 Å². The average Bonchev–Trinajstić information content (AvgIpc) is 2.28. The van der Waals surface area contributed by atoms with Gasteiger partial charge in [-0.3, -0.25) is 14.5 Å². The number of likely N-dealkylation sites (tertiary alicyclic amines) is 1. The summed E-state index contributed by atoms with van der Waals surface area (Å²) in [5, 5.41) is 0. The second kappa shape index (κ2) is 7.36. The van der Waals surface area contributed by atoms with E-state index in [9.17, 15) is 9.59 Å². The number of piperidine rings is 1. The van der Waals surface area contributed by atoms with E-state index in [2.05, 4.69) is 0 Å². The van der Waals surface area contributed by atoms with Gasteiger partial charge < -0.3 is 9.47 Å². The molecule has 5 nitrogen and oxygen atoms in total. The monoisotopic (exact) mass is 257 g/mol. The number of carbonyl (C=O) groups excluding carboxylic acids is 2. The highest BCUT2D eigenvalue weighted by atomic mass is 16.5. The summed E-state index contributed by atoms with van der Waals surface area (Å²) in [6.45, 7) is 7.55. The quantitative estimate of drug-likeness (QED) is 0.693. The Labute approximate surface area is 108 Å². The lowest BCUT2D eigenvalue weighted by Gasteiger charge is -2.30. The van der Waals surface area contributed by atoms with Crippen molar-refractivity contribution in [3.05, 3.63) is 0 Å². The minimum absolute atomic E-state index is 0.0943. The van der Waals surface area contributed by atoms with Crippen molar-refractivity contribution in [3.8, 4) is 0 Å². The number of nitrogens with zero attached hydrogens (tertiary/aromatic N) is 1. The highest BCUT2D eigenvalue weighted by molar-refractivity contribution is 5.74. The van der Waals surface area contributed by atoms with Crippen LogP contribution in [0.1, 0.15) is 33.6 Å². The topological polar surface area (TPSA) is 55.8 Å². The van der Waals surface area contributed by atoms with Gasteiger partial charge in [-0.2, -0.15) is 0 Å². The molecule has 0 aromatic carbocycles. The summed E-state index contributed by atoms with van der Waals surface area (Å²) in [6.07, 6.45) is 1.66. The summed E-state index contributed by atoms with van der Waals surface area (Å²) in [7, 11) is 0. The fourth-order valence-corrected chi connectivity index (χ4v) is 2.13. The Morgan fingerprint density at radius 3 is 2.72 bits per heavy atom. The van der Waals surface area contributed by atoms with Crippen LogP contribution in [0.5, 0.6) is 0 Å². The van der Waals surface area contributed by atoms with Crippen molar-refractivity contribution in [1.29, 1.82) is 0 Å². The maximum atomic E-state index is 11.6. The molecule has 1 atom stereocenters. The molecule has 0 aromatic heterocycles. The number of rotatable bonds is 5. The van der Waals surface area contributed by atoms with Gasteiger partial charge in [-0.15, -0.1) is 0 Å². The van der Waals surface area contributed by atoms with E-state index in [0.29, 0.717) is 13.2 Å². The molecular weight excluding hydrogens is 234 g/mol. The molecule has 1 aliphatic heterocycles. The molecular formula is C13H23NO4. The van der Waals surface area contributed by atoms with Gasteiger partial charge in [0, 0.05) is 6.54 Å². The third kappa shape index (κ3) is 5.04. The summed E-state index contributed by atoms with van der Waals surface area (Å²) in [6, 6.07) is 0. The Hall–Kier alpha value is -1.10. The molecule has 0 unspecified atom stereocenters. The van der Waals surface area contributed by atoms with Gasteiger partial charge >= 0.3 is 11.9 Å². The summed E-state index contributed by atoms with van der Waals surface area (Å²) >= 11 is 0. The zero-order valence-electron chi connectivity index (χ0n) is 11.5. The van der Waals surface area contributed by atoms with Gasteiger partial charge in [0.2, 0.25) is 0 Å². The standard InChI is InChI=1S/C13H23NO4/c1-4-17-13(16)11-6-5-7-14(8-11)9-12(15)18-10(2)3/h10-11H,4-9H2,1-3H3/t11-/m0/s1. The molecule has 0 radical (unpaired) electrons. The molecule has 104 valence electrons. The van der Waals surface area contributed by atoms with Crippen LogP contribution in [0.15, 0.2) is 0 Å². The van der Waals surface area contributed by atoms with Gasteiger partial charge in [0.25, 0.3) is 0 Å². The first-order valence-corrected chi connectivity index (χ1v) is 6.61. The molecule has 18 heavy (non-hydrogen) atoms. The first-order valence-electron chi connectivity index (χ1n) is 6.61. The minimum atomic E-state index is -0.227. The maximum absolute atomic E-state index is 11.6. The van der Waals surface area contributed by atoms with Crippen LogP contribution in [0.2, 0.25) is 0 Å². The van der Waals surface area contributed by atoms with Crippen LogP contribution in [0.3, 0.4) is 0 Å². The van der Waals surface area contributed by atoms with E-state index >= 15 is 0 Å². The van der Waals surface area contributed by atoms with E-state index in [4.69, 9.17) is 9.47 Å². The van der Waals surface area contributed by atoms with Crippen molar-refractivity contribution in [2.45, 2.75) is 39.7 Å². The fourth-order valence-electron chi connectivity index (χ4n) is 2.13. The van der Waals surface area contributed by atoms with E-state index in [-0.39, 0.29) is 30.5 Å². The van der Waals surface area contributed by atoms with Crippen LogP contribution >= 0.6 is 0 Å². The number of hydrogen-bond donors (Lipinski definition) is 0. The number of hydrogen-bond acceptors (Lipinski definition) is 5. The van der Waals surface area contributed by atoms with Crippen LogP contribution < -0.4 is 0 Å². The molecule has 1 saturated heterocycles. The lowest BCUT2D eigenvalue weighted by Crippen LogP contribution is -2.42. The van der Waals surface area contributed by atoms with Crippen LogP contribution in [0.4, 0.5) is 0 Å². The van der Waals surface area contributed by atoms with Gasteiger partial charge in [-0.05, 0) is 40.2 Å². The van der Waals surface area contributed by atoms with Crippen molar-refractivity contribution in [3.63, 3.8) is 0 Å². The summed E-state index contributed by atoms with van der Waals surface area (Å²) < 4.78 is 10.1. The first-order chi connectivity index (χ1) is 8.52. The van der Waals surface area contributed by atoms with Crippen LogP contribution in [-0.4, -0.2) is 49.2 Å². The van der Waals surface area contributed by atoms with Crippen molar-refractivity contribution >= 4 is 11.9 Å². The van der Waals surface area contributed by atoms with Crippen LogP contribution in [0, 0.1) is 5.92 Å². The van der Waals surface area contributed by atoms with Crippen molar-refractivity contribution in [2.24, 2.45) is 5.92 Å². The van der Waals surface area contributed by atoms with E-state index in [1.54, 1.807) is 6.92 Å². The van der Waals surface area contributed by atoms with Gasteiger partial charge in [0.1, 0.15) is 0 Å². The first kappa shape index (κ1) is 15.0. The molecule has 0 spiro atoms.